The number of aromatic amines is 1. The van der Waals surface area contributed by atoms with Crippen LogP contribution in [0.2, 0.25) is 0 Å². The fourth-order valence-corrected chi connectivity index (χ4v) is 6.14. The molecule has 4 aromatic rings. The Hall–Kier alpha value is -3.71. The van der Waals surface area contributed by atoms with E-state index in [1.54, 1.807) is 6.20 Å². The highest BCUT2D eigenvalue weighted by Crippen LogP contribution is 2.40. The number of pyridine rings is 2. The number of nitrogens with two attached hydrogens (primary N) is 1. The van der Waals surface area contributed by atoms with Gasteiger partial charge >= 0.3 is 0 Å². The van der Waals surface area contributed by atoms with Crippen molar-refractivity contribution in [3.05, 3.63) is 78.1 Å². The average Bonchev–Trinajstić information content (AvgIpc) is 3.33. The predicted molar refractivity (Wildman–Crippen MR) is 147 cm³/mol. The number of fused-ring (bicyclic) bond motifs is 1. The quantitative estimate of drug-likeness (QED) is 0.415. The van der Waals surface area contributed by atoms with E-state index in [2.05, 4.69) is 55.1 Å². The smallest absolute Gasteiger partial charge is 0.225 e. The van der Waals surface area contributed by atoms with Crippen molar-refractivity contribution in [2.75, 3.05) is 31.9 Å². The van der Waals surface area contributed by atoms with E-state index in [1.165, 1.54) is 16.5 Å². The summed E-state index contributed by atoms with van der Waals surface area (Å²) >= 11 is 0. The van der Waals surface area contributed by atoms with Crippen LogP contribution in [0, 0.1) is 5.92 Å². The zero-order valence-corrected chi connectivity index (χ0v) is 21.1. The third kappa shape index (κ3) is 4.96. The van der Waals surface area contributed by atoms with Gasteiger partial charge in [-0.3, -0.25) is 14.7 Å². The number of aromatic nitrogens is 3. The van der Waals surface area contributed by atoms with Gasteiger partial charge in [0.15, 0.2) is 0 Å². The van der Waals surface area contributed by atoms with Gasteiger partial charge in [-0.1, -0.05) is 24.3 Å². The number of carbonyl (C=O) groups excluding carboxylic acids is 1. The summed E-state index contributed by atoms with van der Waals surface area (Å²) in [5.41, 5.74) is 11.6. The van der Waals surface area contributed by atoms with Crippen LogP contribution in [0.25, 0.3) is 22.3 Å². The van der Waals surface area contributed by atoms with Crippen molar-refractivity contribution in [1.82, 2.24) is 24.8 Å². The lowest BCUT2D eigenvalue weighted by Gasteiger charge is -2.37. The van der Waals surface area contributed by atoms with Gasteiger partial charge in [0, 0.05) is 48.8 Å². The van der Waals surface area contributed by atoms with Gasteiger partial charge in [0.1, 0.15) is 5.82 Å². The summed E-state index contributed by atoms with van der Waals surface area (Å²) in [6, 6.07) is 18.5. The van der Waals surface area contributed by atoms with E-state index >= 15 is 0 Å². The number of rotatable bonds is 5. The summed E-state index contributed by atoms with van der Waals surface area (Å²) in [5.74, 6) is 1.44. The standard InChI is InChI=1S/C30H34N6O/c31-27-19-21(8-14-33-27)20-35-15-9-23(10-16-35)30(37)36-17-11-22(12-18-36)28-24-5-1-2-6-25(24)34-29(28)26-7-3-4-13-32-26/h1-8,13-14,19,22-23,34H,9-12,15-18,20H2,(H2,31,33). The van der Waals surface area contributed by atoms with Gasteiger partial charge in [-0.05, 0) is 86.1 Å². The Morgan fingerprint density at radius 2 is 1.70 bits per heavy atom. The second kappa shape index (κ2) is 10.3. The van der Waals surface area contributed by atoms with Gasteiger partial charge in [-0.15, -0.1) is 0 Å². The van der Waals surface area contributed by atoms with Gasteiger partial charge in [0.25, 0.3) is 0 Å². The van der Waals surface area contributed by atoms with Crippen LogP contribution >= 0.6 is 0 Å². The van der Waals surface area contributed by atoms with Crippen molar-refractivity contribution in [1.29, 1.82) is 0 Å². The molecule has 2 saturated heterocycles. The molecule has 0 unspecified atom stereocenters. The molecular weight excluding hydrogens is 460 g/mol. The Bertz CT molecular complexity index is 1370. The fraction of sp³-hybridized carbons (Fsp3) is 0.367. The molecule has 6 rings (SSSR count). The van der Waals surface area contributed by atoms with Crippen LogP contribution < -0.4 is 5.73 Å². The normalized spacial score (nSPS) is 17.9. The first kappa shape index (κ1) is 23.7. The maximum Gasteiger partial charge on any atom is 0.225 e. The van der Waals surface area contributed by atoms with Crippen molar-refractivity contribution < 1.29 is 4.79 Å². The summed E-state index contributed by atoms with van der Waals surface area (Å²) in [5, 5.41) is 1.27. The van der Waals surface area contributed by atoms with Crippen molar-refractivity contribution in [3.8, 4) is 11.4 Å². The number of H-pyrrole nitrogens is 1. The minimum atomic E-state index is 0.132. The monoisotopic (exact) mass is 494 g/mol. The summed E-state index contributed by atoms with van der Waals surface area (Å²) in [7, 11) is 0. The molecule has 37 heavy (non-hydrogen) atoms. The zero-order valence-electron chi connectivity index (χ0n) is 21.1. The minimum Gasteiger partial charge on any atom is -0.384 e. The molecule has 2 aliphatic heterocycles. The Morgan fingerprint density at radius 1 is 0.919 bits per heavy atom. The number of nitrogens with one attached hydrogen (secondary N) is 1. The van der Waals surface area contributed by atoms with Crippen LogP contribution in [-0.4, -0.2) is 56.8 Å². The van der Waals surface area contributed by atoms with E-state index in [-0.39, 0.29) is 5.92 Å². The second-order valence-electron chi connectivity index (χ2n) is 10.4. The lowest BCUT2D eigenvalue weighted by molar-refractivity contribution is -0.138. The topological polar surface area (TPSA) is 91.1 Å². The highest BCUT2D eigenvalue weighted by molar-refractivity contribution is 5.91. The van der Waals surface area contributed by atoms with Crippen molar-refractivity contribution in [3.63, 3.8) is 0 Å². The van der Waals surface area contributed by atoms with Gasteiger partial charge in [0.05, 0.1) is 11.4 Å². The molecular formula is C30H34N6O. The van der Waals surface area contributed by atoms with Crippen LogP contribution in [0.3, 0.4) is 0 Å². The Morgan fingerprint density at radius 3 is 2.46 bits per heavy atom. The Balaban J connectivity index is 1.09. The van der Waals surface area contributed by atoms with Crippen molar-refractivity contribution >= 4 is 22.6 Å². The van der Waals surface area contributed by atoms with Crippen LogP contribution in [0.5, 0.6) is 0 Å². The first-order valence-electron chi connectivity index (χ1n) is 13.4. The average molecular weight is 495 g/mol. The van der Waals surface area contributed by atoms with Gasteiger partial charge < -0.3 is 15.6 Å². The number of nitrogens with zero attached hydrogens (tertiary/aromatic N) is 4. The fourth-order valence-electron chi connectivity index (χ4n) is 6.14. The number of likely N-dealkylation sites (tertiary alicyclic amines) is 2. The maximum atomic E-state index is 13.4. The summed E-state index contributed by atoms with van der Waals surface area (Å²) < 4.78 is 0. The van der Waals surface area contributed by atoms with Crippen molar-refractivity contribution in [2.24, 2.45) is 5.92 Å². The molecule has 3 aromatic heterocycles. The van der Waals surface area contributed by atoms with Crippen LogP contribution in [-0.2, 0) is 11.3 Å². The minimum absolute atomic E-state index is 0.132. The Labute approximate surface area is 217 Å². The number of para-hydroxylation sites is 1. The molecule has 5 heterocycles. The maximum absolute atomic E-state index is 13.4. The molecule has 0 saturated carbocycles. The van der Waals surface area contributed by atoms with Crippen LogP contribution in [0.4, 0.5) is 5.82 Å². The molecule has 3 N–H and O–H groups in total. The SMILES string of the molecule is Nc1cc(CN2CCC(C(=O)N3CCC(c4c(-c5ccccn5)[nH]c5ccccc45)CC3)CC2)ccn1. The lowest BCUT2D eigenvalue weighted by Crippen LogP contribution is -2.45. The molecule has 2 fully saturated rings. The molecule has 0 radical (unpaired) electrons. The largest absolute Gasteiger partial charge is 0.384 e. The van der Waals surface area contributed by atoms with E-state index in [1.807, 2.05) is 30.5 Å². The molecule has 1 amide bonds. The molecule has 190 valence electrons. The molecule has 0 atom stereocenters. The number of hydrogen-bond acceptors (Lipinski definition) is 5. The number of hydrogen-bond donors (Lipinski definition) is 2. The van der Waals surface area contributed by atoms with Crippen LogP contribution in [0.15, 0.2) is 67.0 Å². The molecule has 0 bridgehead atoms. The first-order chi connectivity index (χ1) is 18.2. The third-order valence-corrected chi connectivity index (χ3v) is 8.07. The third-order valence-electron chi connectivity index (χ3n) is 8.07. The van der Waals surface area contributed by atoms with E-state index < -0.39 is 0 Å². The van der Waals surface area contributed by atoms with Gasteiger partial charge in [0.2, 0.25) is 5.91 Å². The number of nitrogen functional groups attached to an aromatic ring is 1. The van der Waals surface area contributed by atoms with E-state index in [0.717, 1.165) is 75.3 Å². The molecule has 0 spiro atoms. The van der Waals surface area contributed by atoms with Crippen LogP contribution in [0.1, 0.15) is 42.7 Å². The number of anilines is 1. The number of piperidine rings is 2. The predicted octanol–water partition coefficient (Wildman–Crippen LogP) is 4.83. The zero-order chi connectivity index (χ0) is 25.2. The van der Waals surface area contributed by atoms with E-state index in [4.69, 9.17) is 5.73 Å². The van der Waals surface area contributed by atoms with E-state index in [0.29, 0.717) is 17.6 Å². The lowest BCUT2D eigenvalue weighted by atomic mass is 9.85. The number of carbonyl (C=O) groups is 1. The molecule has 7 nitrogen and oxygen atoms in total. The number of benzene rings is 1. The molecule has 0 aliphatic carbocycles. The van der Waals surface area contributed by atoms with E-state index in [9.17, 15) is 4.79 Å². The second-order valence-corrected chi connectivity index (χ2v) is 10.4. The number of amides is 1. The molecule has 1 aromatic carbocycles. The molecule has 7 heteroatoms. The Kier molecular flexibility index (Phi) is 6.62. The summed E-state index contributed by atoms with van der Waals surface area (Å²) in [6.45, 7) is 4.39. The summed E-state index contributed by atoms with van der Waals surface area (Å²) in [4.78, 5) is 30.3. The first-order valence-corrected chi connectivity index (χ1v) is 13.4. The molecule has 2 aliphatic rings. The highest BCUT2D eigenvalue weighted by atomic mass is 16.2. The summed E-state index contributed by atoms with van der Waals surface area (Å²) in [6.07, 6.45) is 7.42. The van der Waals surface area contributed by atoms with Crippen molar-refractivity contribution in [2.45, 2.75) is 38.1 Å². The van der Waals surface area contributed by atoms with Gasteiger partial charge in [-0.2, -0.15) is 0 Å². The van der Waals surface area contributed by atoms with Gasteiger partial charge in [-0.25, -0.2) is 4.98 Å². The highest BCUT2D eigenvalue weighted by Gasteiger charge is 2.33.